The Hall–Kier alpha value is -3.32. The maximum atomic E-state index is 13.0. The summed E-state index contributed by atoms with van der Waals surface area (Å²) in [7, 11) is 2.22. The van der Waals surface area contributed by atoms with Gasteiger partial charge in [0.25, 0.3) is 5.91 Å². The second kappa shape index (κ2) is 15.8. The molecule has 5 rings (SSSR count). The molecule has 15 heteroatoms. The summed E-state index contributed by atoms with van der Waals surface area (Å²) < 4.78 is 32.3. The van der Waals surface area contributed by atoms with E-state index in [2.05, 4.69) is 70.6 Å². The fourth-order valence-electron chi connectivity index (χ4n) is 6.06. The molecule has 0 radical (unpaired) electrons. The van der Waals surface area contributed by atoms with Crippen molar-refractivity contribution in [1.82, 2.24) is 30.1 Å². The number of hydrogen-bond donors (Lipinski definition) is 3. The topological polar surface area (TPSA) is 138 Å². The van der Waals surface area contributed by atoms with Crippen LogP contribution in [-0.2, 0) is 11.3 Å². The van der Waals surface area contributed by atoms with Gasteiger partial charge in [0.2, 0.25) is 5.82 Å². The Kier molecular flexibility index (Phi) is 12.1. The van der Waals surface area contributed by atoms with Crippen molar-refractivity contribution < 1.29 is 27.9 Å². The molecule has 2 aromatic rings. The van der Waals surface area contributed by atoms with Gasteiger partial charge in [-0.15, -0.1) is 0 Å². The van der Waals surface area contributed by atoms with E-state index >= 15 is 0 Å². The van der Waals surface area contributed by atoms with E-state index in [4.69, 9.17) is 15.2 Å². The number of anilines is 1. The maximum absolute atomic E-state index is 13.0. The zero-order chi connectivity index (χ0) is 32.6. The third-order valence-electron chi connectivity index (χ3n) is 8.59. The Morgan fingerprint density at radius 3 is 2.33 bits per heavy atom. The molecule has 3 aliphatic rings. The lowest BCUT2D eigenvalue weighted by molar-refractivity contribution is -0.192. The summed E-state index contributed by atoms with van der Waals surface area (Å²) in [6.45, 7) is 7.96. The number of alkyl halides is 3. The van der Waals surface area contributed by atoms with Crippen LogP contribution in [0.5, 0.6) is 0 Å². The maximum Gasteiger partial charge on any atom is 0.490 e. The molecule has 0 spiro atoms. The van der Waals surface area contributed by atoms with Crippen molar-refractivity contribution in [2.45, 2.75) is 63.2 Å². The number of nitriles is 1. The molecule has 45 heavy (non-hydrogen) atoms. The number of halogens is 4. The third-order valence-corrected chi connectivity index (χ3v) is 9.17. The van der Waals surface area contributed by atoms with Crippen LogP contribution in [0.15, 0.2) is 28.9 Å². The molecule has 2 saturated heterocycles. The quantitative estimate of drug-likeness (QED) is 0.358. The molecule has 0 atom stereocenters. The van der Waals surface area contributed by atoms with Crippen LogP contribution in [0.2, 0.25) is 0 Å². The fourth-order valence-corrected chi connectivity index (χ4v) is 6.35. The van der Waals surface area contributed by atoms with E-state index in [-0.39, 0.29) is 11.7 Å². The molecular weight excluding hydrogens is 657 g/mol. The number of amides is 1. The van der Waals surface area contributed by atoms with Crippen molar-refractivity contribution in [2.75, 3.05) is 51.7 Å². The highest BCUT2D eigenvalue weighted by atomic mass is 79.9. The Morgan fingerprint density at radius 2 is 1.73 bits per heavy atom. The van der Waals surface area contributed by atoms with E-state index in [0.29, 0.717) is 27.8 Å². The summed E-state index contributed by atoms with van der Waals surface area (Å²) in [6.07, 6.45) is 3.75. The summed E-state index contributed by atoms with van der Waals surface area (Å²) >= 11 is 3.35. The Morgan fingerprint density at radius 1 is 1.09 bits per heavy atom. The van der Waals surface area contributed by atoms with E-state index < -0.39 is 12.1 Å². The number of aliphatic carboxylic acids is 1. The van der Waals surface area contributed by atoms with Gasteiger partial charge in [0.1, 0.15) is 6.07 Å². The van der Waals surface area contributed by atoms with Crippen molar-refractivity contribution in [3.05, 3.63) is 51.4 Å². The number of piperidine rings is 1. The van der Waals surface area contributed by atoms with E-state index in [1.807, 2.05) is 12.1 Å². The zero-order valence-corrected chi connectivity index (χ0v) is 26.7. The lowest BCUT2D eigenvalue weighted by Gasteiger charge is -2.42. The van der Waals surface area contributed by atoms with Gasteiger partial charge in [0.05, 0.1) is 4.47 Å². The van der Waals surface area contributed by atoms with Gasteiger partial charge in [-0.3, -0.25) is 25.4 Å². The molecule has 0 unspecified atom stereocenters. The first-order chi connectivity index (χ1) is 21.4. The van der Waals surface area contributed by atoms with Gasteiger partial charge in [-0.05, 0) is 90.9 Å². The van der Waals surface area contributed by atoms with E-state index in [1.54, 1.807) is 0 Å². The molecule has 1 aromatic carbocycles. The van der Waals surface area contributed by atoms with Crippen LogP contribution in [0.3, 0.4) is 0 Å². The number of piperazine rings is 1. The first kappa shape index (κ1) is 34.6. The number of rotatable bonds is 7. The van der Waals surface area contributed by atoms with Gasteiger partial charge >= 0.3 is 12.1 Å². The van der Waals surface area contributed by atoms with Crippen molar-refractivity contribution in [1.29, 1.82) is 5.26 Å². The Balaban J connectivity index is 0.000000591. The summed E-state index contributed by atoms with van der Waals surface area (Å²) in [6, 6.07) is 8.80. The standard InChI is InChI=1S/C28H37BrN8O.C2HF3O2/c1-35-12-14-37(15-13-35)23-8-10-36(11-9-23)19-22-7-6-21(16-24(22)20-4-2-3-5-20)28(38)34-33-27-25(29)18-31-26(17-30)32-27;3-2(4,5)1(6)7/h6-7,16,18,20,23H,2-5,8-15,19H2,1H3,(H,34,38)(H,31,32,33);(H,6,7). The van der Waals surface area contributed by atoms with Crippen LogP contribution in [0.1, 0.15) is 71.8 Å². The first-order valence-corrected chi connectivity index (χ1v) is 15.8. The molecule has 11 nitrogen and oxygen atoms in total. The number of carbonyl (C=O) groups is 2. The van der Waals surface area contributed by atoms with E-state index in [9.17, 15) is 18.0 Å². The highest BCUT2D eigenvalue weighted by Crippen LogP contribution is 2.37. The number of aromatic nitrogens is 2. The number of carbonyl (C=O) groups excluding carboxylic acids is 1. The second-order valence-electron chi connectivity index (χ2n) is 11.6. The molecule has 3 N–H and O–H groups in total. The number of carboxylic acid groups (broad SMARTS) is 1. The summed E-state index contributed by atoms with van der Waals surface area (Å²) in [4.78, 5) is 37.7. The molecule has 244 valence electrons. The van der Waals surface area contributed by atoms with Crippen LogP contribution in [0, 0.1) is 11.3 Å². The number of likely N-dealkylation sites (N-methyl/N-ethyl adjacent to an activating group) is 1. The lowest BCUT2D eigenvalue weighted by atomic mass is 9.90. The fraction of sp³-hybridized carbons (Fsp3) is 0.567. The van der Waals surface area contributed by atoms with Gasteiger partial charge in [-0.1, -0.05) is 18.9 Å². The minimum atomic E-state index is -5.08. The molecule has 2 aliphatic heterocycles. The zero-order valence-electron chi connectivity index (χ0n) is 25.1. The summed E-state index contributed by atoms with van der Waals surface area (Å²) in [5.74, 6) is -2.09. The van der Waals surface area contributed by atoms with Crippen LogP contribution < -0.4 is 10.9 Å². The van der Waals surface area contributed by atoms with Gasteiger partial charge in [0.15, 0.2) is 5.82 Å². The molecule has 1 amide bonds. The number of hydrazine groups is 1. The second-order valence-corrected chi connectivity index (χ2v) is 12.5. The van der Waals surface area contributed by atoms with E-state index in [0.717, 1.165) is 19.6 Å². The highest BCUT2D eigenvalue weighted by Gasteiger charge is 2.38. The first-order valence-electron chi connectivity index (χ1n) is 15.0. The molecule has 1 saturated carbocycles. The Bertz CT molecular complexity index is 1370. The molecule has 1 aliphatic carbocycles. The third kappa shape index (κ3) is 9.83. The number of benzene rings is 1. The predicted octanol–water partition coefficient (Wildman–Crippen LogP) is 4.37. The smallest absolute Gasteiger partial charge is 0.475 e. The van der Waals surface area contributed by atoms with Crippen LogP contribution >= 0.6 is 15.9 Å². The lowest BCUT2D eigenvalue weighted by Crippen LogP contribution is -2.52. The van der Waals surface area contributed by atoms with Crippen LogP contribution in [0.25, 0.3) is 0 Å². The van der Waals surface area contributed by atoms with Crippen molar-refractivity contribution >= 4 is 33.6 Å². The SMILES string of the molecule is CN1CCN(C2CCN(Cc3ccc(C(=O)NNc4nc(C#N)ncc4Br)cc3C3CCCC3)CC2)CC1.O=C(O)C(F)(F)F. The minimum Gasteiger partial charge on any atom is -0.475 e. The number of carboxylic acids is 1. The summed E-state index contributed by atoms with van der Waals surface area (Å²) in [5.41, 5.74) is 8.86. The Labute approximate surface area is 268 Å². The normalized spacial score (nSPS) is 18.9. The number of likely N-dealkylation sites (tertiary alicyclic amines) is 1. The molecule has 0 bridgehead atoms. The highest BCUT2D eigenvalue weighted by molar-refractivity contribution is 9.10. The van der Waals surface area contributed by atoms with Crippen LogP contribution in [0.4, 0.5) is 19.0 Å². The van der Waals surface area contributed by atoms with Crippen molar-refractivity contribution in [3.8, 4) is 6.07 Å². The van der Waals surface area contributed by atoms with Gasteiger partial charge in [0, 0.05) is 50.5 Å². The van der Waals surface area contributed by atoms with Crippen molar-refractivity contribution in [2.24, 2.45) is 0 Å². The number of nitrogens with one attached hydrogen (secondary N) is 2. The van der Waals surface area contributed by atoms with Gasteiger partial charge in [-0.25, -0.2) is 9.78 Å². The minimum absolute atomic E-state index is 0.0328. The van der Waals surface area contributed by atoms with Gasteiger partial charge in [-0.2, -0.15) is 23.4 Å². The molecule has 3 heterocycles. The largest absolute Gasteiger partial charge is 0.490 e. The predicted molar refractivity (Wildman–Crippen MR) is 164 cm³/mol. The van der Waals surface area contributed by atoms with Crippen LogP contribution in [-0.4, -0.2) is 100 Å². The monoisotopic (exact) mass is 694 g/mol. The number of hydrogen-bond acceptors (Lipinski definition) is 9. The van der Waals surface area contributed by atoms with Gasteiger partial charge < -0.3 is 10.0 Å². The van der Waals surface area contributed by atoms with E-state index in [1.165, 1.54) is 82.0 Å². The average Bonchev–Trinajstić information content (AvgIpc) is 3.56. The summed E-state index contributed by atoms with van der Waals surface area (Å²) in [5, 5.41) is 16.2. The average molecular weight is 696 g/mol. The molecule has 1 aromatic heterocycles. The molecule has 3 fully saturated rings. The molecular formula is C30H38BrF3N8O3. The van der Waals surface area contributed by atoms with Crippen molar-refractivity contribution in [3.63, 3.8) is 0 Å². The number of nitrogens with zero attached hydrogens (tertiary/aromatic N) is 6.